The summed E-state index contributed by atoms with van der Waals surface area (Å²) in [6, 6.07) is 18.4. The van der Waals surface area contributed by atoms with E-state index in [9.17, 15) is 9.90 Å². The second-order valence-electron chi connectivity index (χ2n) is 9.62. The maximum Gasteiger partial charge on any atom is 0.323 e. The van der Waals surface area contributed by atoms with Crippen molar-refractivity contribution in [3.63, 3.8) is 0 Å². The second-order valence-corrected chi connectivity index (χ2v) is 9.62. The van der Waals surface area contributed by atoms with Crippen LogP contribution in [0.3, 0.4) is 0 Å². The third kappa shape index (κ3) is 9.79. The van der Waals surface area contributed by atoms with Gasteiger partial charge in [-0.25, -0.2) is 4.79 Å². The fourth-order valence-electron chi connectivity index (χ4n) is 4.04. The van der Waals surface area contributed by atoms with E-state index in [1.807, 2.05) is 88.6 Å². The molecule has 2 fully saturated rings. The van der Waals surface area contributed by atoms with Crippen molar-refractivity contribution < 1.29 is 34.0 Å². The number of carbonyl (C=O) groups excluding carboxylic acids is 1. The number of nitrogens with one attached hydrogen (secondary N) is 2. The van der Waals surface area contributed by atoms with Crippen LogP contribution >= 0.6 is 12.4 Å². The van der Waals surface area contributed by atoms with Crippen LogP contribution in [-0.2, 0) is 18.9 Å². The number of rotatable bonds is 9. The number of fused-ring (bicyclic) bond motifs is 1. The molecule has 5 atom stereocenters. The molecule has 2 saturated heterocycles. The zero-order valence-corrected chi connectivity index (χ0v) is 23.1. The Labute approximate surface area is 230 Å². The minimum atomic E-state index is -1.01. The summed E-state index contributed by atoms with van der Waals surface area (Å²) in [5, 5.41) is 24.5. The Morgan fingerprint density at radius 1 is 1.03 bits per heavy atom. The summed E-state index contributed by atoms with van der Waals surface area (Å²) >= 11 is 0. The number of ether oxygens (including phenoxy) is 4. The van der Waals surface area contributed by atoms with Gasteiger partial charge in [0, 0.05) is 18.0 Å². The van der Waals surface area contributed by atoms with E-state index in [4.69, 9.17) is 24.1 Å². The lowest BCUT2D eigenvalue weighted by molar-refractivity contribution is -0.231. The highest BCUT2D eigenvalue weighted by Gasteiger charge is 2.56. The van der Waals surface area contributed by atoms with Crippen molar-refractivity contribution in [3.05, 3.63) is 60.7 Å². The van der Waals surface area contributed by atoms with E-state index < -0.39 is 30.4 Å². The minimum Gasteiger partial charge on any atom is -0.394 e. The molecule has 2 aliphatic heterocycles. The van der Waals surface area contributed by atoms with Crippen molar-refractivity contribution in [2.24, 2.45) is 0 Å². The van der Waals surface area contributed by atoms with Gasteiger partial charge in [0.05, 0.1) is 6.61 Å². The smallest absolute Gasteiger partial charge is 0.323 e. The van der Waals surface area contributed by atoms with Crippen LogP contribution in [0.15, 0.2) is 60.7 Å². The standard InChI is InChI=1S/C14H27NO6.C13H12N2O.ClH/c1-14(2)20-12-11(18-7-5-6-15(3)4)10(9(17)8-16)19-13(12)21-14;16-13(14-11-7-3-1-4-8-11)15-12-9-5-2-6-10-12;/h9-13,16-17H,5-8H2,1-4H3;1-10H,(H2,14,15,16);1H. The van der Waals surface area contributed by atoms with Gasteiger partial charge in [-0.05, 0) is 65.2 Å². The van der Waals surface area contributed by atoms with Gasteiger partial charge in [-0.15, -0.1) is 12.4 Å². The summed E-state index contributed by atoms with van der Waals surface area (Å²) in [6.07, 6.45) is -2.17. The molecule has 4 N–H and O–H groups in total. The minimum absolute atomic E-state index is 0. The first-order valence-corrected chi connectivity index (χ1v) is 12.4. The molecule has 2 heterocycles. The summed E-state index contributed by atoms with van der Waals surface area (Å²) in [6.45, 7) is 4.70. The van der Waals surface area contributed by atoms with E-state index in [1.165, 1.54) is 0 Å². The molecule has 212 valence electrons. The molecular formula is C27H40ClN3O7. The average Bonchev–Trinajstić information content (AvgIpc) is 3.34. The molecule has 2 aromatic rings. The highest BCUT2D eigenvalue weighted by atomic mass is 35.5. The number of amides is 2. The molecule has 2 aliphatic rings. The van der Waals surface area contributed by atoms with Gasteiger partial charge in [0.15, 0.2) is 12.1 Å². The lowest BCUT2D eigenvalue weighted by Gasteiger charge is -2.28. The quantitative estimate of drug-likeness (QED) is 0.349. The summed E-state index contributed by atoms with van der Waals surface area (Å²) in [5.74, 6) is -0.726. The Kier molecular flexibility index (Phi) is 12.9. The molecule has 0 aromatic heterocycles. The molecule has 0 spiro atoms. The Bertz CT molecular complexity index is 909. The maximum absolute atomic E-state index is 11.6. The number of anilines is 2. The van der Waals surface area contributed by atoms with Crippen molar-refractivity contribution in [2.45, 2.75) is 56.8 Å². The molecule has 2 amide bonds. The van der Waals surface area contributed by atoms with Crippen molar-refractivity contribution in [3.8, 4) is 0 Å². The monoisotopic (exact) mass is 553 g/mol. The number of aliphatic hydroxyl groups is 2. The predicted molar refractivity (Wildman–Crippen MR) is 147 cm³/mol. The number of benzene rings is 2. The first-order chi connectivity index (χ1) is 17.7. The van der Waals surface area contributed by atoms with Crippen LogP contribution in [0.2, 0.25) is 0 Å². The fraction of sp³-hybridized carbons (Fsp3) is 0.519. The van der Waals surface area contributed by atoms with Crippen LogP contribution < -0.4 is 10.6 Å². The Morgan fingerprint density at radius 2 is 1.58 bits per heavy atom. The van der Waals surface area contributed by atoms with Crippen LogP contribution in [-0.4, -0.2) is 91.5 Å². The maximum atomic E-state index is 11.6. The molecule has 11 heteroatoms. The zero-order valence-electron chi connectivity index (χ0n) is 22.3. The number of carbonyl (C=O) groups is 1. The van der Waals surface area contributed by atoms with E-state index in [2.05, 4.69) is 15.5 Å². The SMILES string of the molecule is CN(C)CCCOC1C(C(O)CO)OC2OC(C)(C)OC21.Cl.O=C(Nc1ccccc1)Nc1ccccc1. The van der Waals surface area contributed by atoms with E-state index >= 15 is 0 Å². The zero-order chi connectivity index (χ0) is 26.8. The summed E-state index contributed by atoms with van der Waals surface area (Å²) < 4.78 is 23.0. The number of urea groups is 1. The first-order valence-electron chi connectivity index (χ1n) is 12.4. The van der Waals surface area contributed by atoms with Gasteiger partial charge in [-0.3, -0.25) is 0 Å². The Hall–Kier alpha value is -2.28. The molecule has 0 aliphatic carbocycles. The van der Waals surface area contributed by atoms with Crippen molar-refractivity contribution >= 4 is 29.8 Å². The van der Waals surface area contributed by atoms with Crippen LogP contribution in [0.1, 0.15) is 20.3 Å². The third-order valence-corrected chi connectivity index (χ3v) is 5.72. The summed E-state index contributed by atoms with van der Waals surface area (Å²) in [7, 11) is 4.01. The molecule has 5 unspecified atom stereocenters. The lowest BCUT2D eigenvalue weighted by Crippen LogP contribution is -2.44. The first kappa shape index (κ1) is 31.9. The van der Waals surface area contributed by atoms with Crippen molar-refractivity contribution in [1.29, 1.82) is 0 Å². The molecule has 4 rings (SSSR count). The van der Waals surface area contributed by atoms with Gasteiger partial charge in [-0.1, -0.05) is 36.4 Å². The molecule has 0 radical (unpaired) electrons. The average molecular weight is 554 g/mol. The Morgan fingerprint density at radius 3 is 2.08 bits per heavy atom. The van der Waals surface area contributed by atoms with Crippen molar-refractivity contribution in [1.82, 2.24) is 4.90 Å². The number of halogens is 1. The van der Waals surface area contributed by atoms with Crippen LogP contribution in [0.4, 0.5) is 16.2 Å². The van der Waals surface area contributed by atoms with E-state index in [0.29, 0.717) is 6.61 Å². The highest BCUT2D eigenvalue weighted by molar-refractivity contribution is 5.99. The van der Waals surface area contributed by atoms with Gasteiger partial charge < -0.3 is 44.7 Å². The fourth-order valence-corrected chi connectivity index (χ4v) is 4.04. The highest BCUT2D eigenvalue weighted by Crippen LogP contribution is 2.39. The van der Waals surface area contributed by atoms with Gasteiger partial charge in [0.2, 0.25) is 0 Å². The number of para-hydroxylation sites is 2. The van der Waals surface area contributed by atoms with Crippen LogP contribution in [0.25, 0.3) is 0 Å². The van der Waals surface area contributed by atoms with E-state index in [-0.39, 0.29) is 31.1 Å². The summed E-state index contributed by atoms with van der Waals surface area (Å²) in [5.41, 5.74) is 1.55. The van der Waals surface area contributed by atoms with Gasteiger partial charge in [0.1, 0.15) is 24.4 Å². The lowest BCUT2D eigenvalue weighted by atomic mass is 10.1. The van der Waals surface area contributed by atoms with E-state index in [0.717, 1.165) is 24.3 Å². The summed E-state index contributed by atoms with van der Waals surface area (Å²) in [4.78, 5) is 13.6. The number of aliphatic hydroxyl groups excluding tert-OH is 2. The largest absolute Gasteiger partial charge is 0.394 e. The molecule has 10 nitrogen and oxygen atoms in total. The topological polar surface area (TPSA) is 122 Å². The third-order valence-electron chi connectivity index (χ3n) is 5.72. The Balaban J connectivity index is 0.000000269. The second kappa shape index (κ2) is 15.3. The molecule has 0 saturated carbocycles. The number of hydrogen-bond acceptors (Lipinski definition) is 8. The molecule has 38 heavy (non-hydrogen) atoms. The van der Waals surface area contributed by atoms with Gasteiger partial charge in [0.25, 0.3) is 0 Å². The normalized spacial score (nSPS) is 24.0. The van der Waals surface area contributed by atoms with E-state index in [1.54, 1.807) is 0 Å². The van der Waals surface area contributed by atoms with Gasteiger partial charge >= 0.3 is 6.03 Å². The number of hydrogen-bond donors (Lipinski definition) is 4. The van der Waals surface area contributed by atoms with Gasteiger partial charge in [-0.2, -0.15) is 0 Å². The molecular weight excluding hydrogens is 514 g/mol. The van der Waals surface area contributed by atoms with Crippen LogP contribution in [0.5, 0.6) is 0 Å². The van der Waals surface area contributed by atoms with Crippen LogP contribution in [0, 0.1) is 0 Å². The predicted octanol–water partition coefficient (Wildman–Crippen LogP) is 3.31. The molecule has 2 aromatic carbocycles. The van der Waals surface area contributed by atoms with Crippen molar-refractivity contribution in [2.75, 3.05) is 44.5 Å². The molecule has 0 bridgehead atoms. The number of nitrogens with zero attached hydrogens (tertiary/aromatic N) is 1.